The molecule has 2 nitrogen and oxygen atoms in total. The van der Waals surface area contributed by atoms with Crippen LogP contribution < -0.4 is 5.32 Å². The van der Waals surface area contributed by atoms with Crippen molar-refractivity contribution in [3.8, 4) is 0 Å². The second-order valence-electron chi connectivity index (χ2n) is 7.33. The summed E-state index contributed by atoms with van der Waals surface area (Å²) in [5.41, 5.74) is 2.10. The monoisotopic (exact) mass is 286 g/mol. The molecule has 2 fully saturated rings. The van der Waals surface area contributed by atoms with E-state index in [1.54, 1.807) is 0 Å². The van der Waals surface area contributed by atoms with E-state index in [0.29, 0.717) is 11.5 Å². The number of hydrogen-bond acceptors (Lipinski definition) is 2. The van der Waals surface area contributed by atoms with Crippen LogP contribution in [0.4, 0.5) is 0 Å². The largest absolute Gasteiger partial charge is 0.316 e. The minimum absolute atomic E-state index is 0.590. The second-order valence-corrected chi connectivity index (χ2v) is 7.33. The molecule has 3 rings (SSSR count). The van der Waals surface area contributed by atoms with Crippen molar-refractivity contribution in [1.29, 1.82) is 0 Å². The summed E-state index contributed by atoms with van der Waals surface area (Å²) in [6.07, 6.45) is 5.40. The first-order chi connectivity index (χ1) is 10.2. The summed E-state index contributed by atoms with van der Waals surface area (Å²) < 4.78 is 0. The first-order valence-corrected chi connectivity index (χ1v) is 8.68. The van der Waals surface area contributed by atoms with Crippen LogP contribution in [-0.4, -0.2) is 37.1 Å². The summed E-state index contributed by atoms with van der Waals surface area (Å²) >= 11 is 0. The number of nitrogens with one attached hydrogen (secondary N) is 1. The normalized spacial score (nSPS) is 26.3. The molecular weight excluding hydrogens is 256 g/mol. The molecule has 2 aliphatic rings. The van der Waals surface area contributed by atoms with Gasteiger partial charge in [-0.05, 0) is 82.6 Å². The smallest absolute Gasteiger partial charge is 0.00385 e. The zero-order valence-electron chi connectivity index (χ0n) is 13.6. The van der Waals surface area contributed by atoms with Crippen molar-refractivity contribution >= 4 is 0 Å². The van der Waals surface area contributed by atoms with Crippen LogP contribution in [0.5, 0.6) is 0 Å². The number of hydrogen-bond donors (Lipinski definition) is 1. The molecule has 0 saturated carbocycles. The van der Waals surface area contributed by atoms with Crippen LogP contribution in [0.25, 0.3) is 0 Å². The number of likely N-dealkylation sites (tertiary alicyclic amines) is 1. The van der Waals surface area contributed by atoms with Crippen LogP contribution in [0.1, 0.15) is 38.7 Å². The summed E-state index contributed by atoms with van der Waals surface area (Å²) in [6.45, 7) is 9.68. The minimum Gasteiger partial charge on any atom is -0.316 e. The Morgan fingerprint density at radius 2 is 1.86 bits per heavy atom. The van der Waals surface area contributed by atoms with Crippen molar-refractivity contribution in [2.45, 2.75) is 45.6 Å². The fourth-order valence-corrected chi connectivity index (χ4v) is 4.37. The molecule has 1 aromatic carbocycles. The van der Waals surface area contributed by atoms with Crippen molar-refractivity contribution in [2.75, 3.05) is 26.2 Å². The highest BCUT2D eigenvalue weighted by molar-refractivity contribution is 5.16. The predicted molar refractivity (Wildman–Crippen MR) is 89.5 cm³/mol. The van der Waals surface area contributed by atoms with Gasteiger partial charge in [0.15, 0.2) is 0 Å². The van der Waals surface area contributed by atoms with Crippen LogP contribution >= 0.6 is 0 Å². The van der Waals surface area contributed by atoms with Gasteiger partial charge in [-0.2, -0.15) is 0 Å². The highest BCUT2D eigenvalue weighted by Crippen LogP contribution is 2.45. The molecule has 2 heterocycles. The lowest BCUT2D eigenvalue weighted by Crippen LogP contribution is -2.52. The fraction of sp³-hybridized carbons (Fsp3) is 0.684. The minimum atomic E-state index is 0.590. The Labute approximate surface area is 129 Å². The van der Waals surface area contributed by atoms with Crippen LogP contribution in [0.2, 0.25) is 0 Å². The fourth-order valence-electron chi connectivity index (χ4n) is 4.37. The van der Waals surface area contributed by atoms with Gasteiger partial charge in [0.2, 0.25) is 0 Å². The highest BCUT2D eigenvalue weighted by atomic mass is 15.2. The van der Waals surface area contributed by atoms with Crippen molar-refractivity contribution in [2.24, 2.45) is 11.3 Å². The lowest BCUT2D eigenvalue weighted by atomic mass is 9.63. The quantitative estimate of drug-likeness (QED) is 0.917. The van der Waals surface area contributed by atoms with E-state index in [1.165, 1.54) is 57.4 Å². The van der Waals surface area contributed by atoms with Gasteiger partial charge in [0.1, 0.15) is 0 Å². The molecule has 116 valence electrons. The topological polar surface area (TPSA) is 15.3 Å². The summed E-state index contributed by atoms with van der Waals surface area (Å²) in [5, 5.41) is 3.65. The van der Waals surface area contributed by atoms with E-state index in [1.807, 2.05) is 0 Å². The SMILES string of the molecule is CC(C)N1CCC2(CCNCC2Cc2ccccc2)CC1. The zero-order valence-corrected chi connectivity index (χ0v) is 13.6. The summed E-state index contributed by atoms with van der Waals surface area (Å²) in [4.78, 5) is 2.66. The Kier molecular flexibility index (Phi) is 4.66. The third-order valence-electron chi connectivity index (χ3n) is 5.91. The molecular formula is C19H30N2. The average Bonchev–Trinajstić information content (AvgIpc) is 2.51. The molecule has 2 aliphatic heterocycles. The molecule has 1 unspecified atom stereocenters. The van der Waals surface area contributed by atoms with Gasteiger partial charge >= 0.3 is 0 Å². The maximum Gasteiger partial charge on any atom is 0.00385 e. The first-order valence-electron chi connectivity index (χ1n) is 8.68. The molecule has 1 atom stereocenters. The Morgan fingerprint density at radius 1 is 1.14 bits per heavy atom. The van der Waals surface area contributed by atoms with Crippen molar-refractivity contribution in [3.05, 3.63) is 35.9 Å². The van der Waals surface area contributed by atoms with Gasteiger partial charge in [0.05, 0.1) is 0 Å². The van der Waals surface area contributed by atoms with Crippen molar-refractivity contribution in [1.82, 2.24) is 10.2 Å². The molecule has 1 spiro atoms. The molecule has 1 aromatic rings. The van der Waals surface area contributed by atoms with Crippen LogP contribution in [0.15, 0.2) is 30.3 Å². The molecule has 2 heteroatoms. The van der Waals surface area contributed by atoms with Gasteiger partial charge < -0.3 is 10.2 Å². The molecule has 0 aromatic heterocycles. The standard InChI is InChI=1S/C19H30N2/c1-16(2)21-12-9-19(10-13-21)8-11-20-15-18(19)14-17-6-4-3-5-7-17/h3-7,16,18,20H,8-15H2,1-2H3. The second kappa shape index (κ2) is 6.50. The number of rotatable bonds is 3. The maximum atomic E-state index is 3.65. The van der Waals surface area contributed by atoms with E-state index in [9.17, 15) is 0 Å². The van der Waals surface area contributed by atoms with Gasteiger partial charge in [-0.25, -0.2) is 0 Å². The summed E-state index contributed by atoms with van der Waals surface area (Å²) in [6, 6.07) is 11.8. The Hall–Kier alpha value is -0.860. The molecule has 1 N–H and O–H groups in total. The Morgan fingerprint density at radius 3 is 2.52 bits per heavy atom. The first kappa shape index (κ1) is 15.1. The molecule has 0 aliphatic carbocycles. The Bertz CT molecular complexity index is 432. The highest BCUT2D eigenvalue weighted by Gasteiger charge is 2.42. The Balaban J connectivity index is 1.70. The zero-order chi connectivity index (χ0) is 14.7. The third kappa shape index (κ3) is 3.32. The lowest BCUT2D eigenvalue weighted by Gasteiger charge is -2.50. The van der Waals surface area contributed by atoms with Gasteiger partial charge in [0.25, 0.3) is 0 Å². The van der Waals surface area contributed by atoms with Crippen LogP contribution in [0, 0.1) is 11.3 Å². The molecule has 0 amide bonds. The number of benzene rings is 1. The summed E-state index contributed by atoms with van der Waals surface area (Å²) in [7, 11) is 0. The van der Waals surface area contributed by atoms with Gasteiger partial charge in [-0.3, -0.25) is 0 Å². The third-order valence-corrected chi connectivity index (χ3v) is 5.91. The van der Waals surface area contributed by atoms with Crippen molar-refractivity contribution < 1.29 is 0 Å². The van der Waals surface area contributed by atoms with E-state index in [2.05, 4.69) is 54.4 Å². The number of piperidine rings is 2. The van der Waals surface area contributed by atoms with E-state index in [0.717, 1.165) is 5.92 Å². The summed E-state index contributed by atoms with van der Waals surface area (Å²) in [5.74, 6) is 0.808. The van der Waals surface area contributed by atoms with Gasteiger partial charge in [-0.15, -0.1) is 0 Å². The van der Waals surface area contributed by atoms with E-state index in [4.69, 9.17) is 0 Å². The lowest BCUT2D eigenvalue weighted by molar-refractivity contribution is 0.0123. The average molecular weight is 286 g/mol. The van der Waals surface area contributed by atoms with E-state index in [-0.39, 0.29) is 0 Å². The number of nitrogens with zero attached hydrogens (tertiary/aromatic N) is 1. The van der Waals surface area contributed by atoms with E-state index >= 15 is 0 Å². The van der Waals surface area contributed by atoms with Crippen LogP contribution in [0.3, 0.4) is 0 Å². The van der Waals surface area contributed by atoms with Gasteiger partial charge in [0, 0.05) is 6.04 Å². The predicted octanol–water partition coefficient (Wildman–Crippen LogP) is 3.33. The van der Waals surface area contributed by atoms with E-state index < -0.39 is 0 Å². The maximum absolute atomic E-state index is 3.65. The molecule has 0 radical (unpaired) electrons. The molecule has 0 bridgehead atoms. The van der Waals surface area contributed by atoms with Crippen molar-refractivity contribution in [3.63, 3.8) is 0 Å². The van der Waals surface area contributed by atoms with Crippen LogP contribution in [-0.2, 0) is 6.42 Å². The molecule has 2 saturated heterocycles. The van der Waals surface area contributed by atoms with Gasteiger partial charge in [-0.1, -0.05) is 30.3 Å². The molecule has 21 heavy (non-hydrogen) atoms.